The van der Waals surface area contributed by atoms with Crippen LogP contribution in [0.15, 0.2) is 36.1 Å². The normalized spacial score (nSPS) is 11.6. The lowest BCUT2D eigenvalue weighted by Crippen LogP contribution is -2.29. The summed E-state index contributed by atoms with van der Waals surface area (Å²) >= 11 is 0. The Morgan fingerprint density at radius 1 is 1.75 bits per heavy atom. The van der Waals surface area contributed by atoms with Gasteiger partial charge in [0.2, 0.25) is 0 Å². The van der Waals surface area contributed by atoms with Gasteiger partial charge in [0.25, 0.3) is 0 Å². The molecule has 1 aromatic heterocycles. The zero-order valence-corrected chi connectivity index (χ0v) is 7.20. The summed E-state index contributed by atoms with van der Waals surface area (Å²) in [5.41, 5.74) is 1.90. The molecule has 0 radical (unpaired) electrons. The van der Waals surface area contributed by atoms with E-state index in [2.05, 4.69) is 18.5 Å². The Labute approximate surface area is 71.8 Å². The molecule has 0 saturated carbocycles. The fourth-order valence-electron chi connectivity index (χ4n) is 1.07. The SMILES string of the molecule is C=C/N=c1/c(CC)cccn1N. The maximum absolute atomic E-state index is 5.66. The lowest BCUT2D eigenvalue weighted by Gasteiger charge is -2.02. The molecule has 0 atom stereocenters. The highest BCUT2D eigenvalue weighted by Gasteiger charge is 1.94. The second-order valence-electron chi connectivity index (χ2n) is 2.43. The van der Waals surface area contributed by atoms with Gasteiger partial charge in [-0.25, -0.2) is 4.99 Å². The monoisotopic (exact) mass is 163 g/mol. The Balaban J connectivity index is 3.39. The number of aryl methyl sites for hydroxylation is 1. The van der Waals surface area contributed by atoms with E-state index in [1.54, 1.807) is 6.20 Å². The highest BCUT2D eigenvalue weighted by atomic mass is 15.3. The molecule has 0 spiro atoms. The second kappa shape index (κ2) is 3.76. The van der Waals surface area contributed by atoms with E-state index in [9.17, 15) is 0 Å². The second-order valence-corrected chi connectivity index (χ2v) is 2.43. The fourth-order valence-corrected chi connectivity index (χ4v) is 1.07. The van der Waals surface area contributed by atoms with Gasteiger partial charge in [0.1, 0.15) is 0 Å². The molecule has 0 aliphatic heterocycles. The van der Waals surface area contributed by atoms with E-state index in [1.807, 2.05) is 12.1 Å². The van der Waals surface area contributed by atoms with Crippen LogP contribution >= 0.6 is 0 Å². The molecule has 0 saturated heterocycles. The molecule has 1 heterocycles. The minimum absolute atomic E-state index is 0.773. The molecule has 12 heavy (non-hydrogen) atoms. The molecule has 1 aromatic rings. The van der Waals surface area contributed by atoms with Gasteiger partial charge >= 0.3 is 0 Å². The van der Waals surface area contributed by atoms with Crippen molar-refractivity contribution in [1.82, 2.24) is 4.68 Å². The molecular formula is C9H13N3. The first-order valence-electron chi connectivity index (χ1n) is 3.90. The lowest BCUT2D eigenvalue weighted by molar-refractivity contribution is 0.865. The van der Waals surface area contributed by atoms with E-state index in [4.69, 9.17) is 5.84 Å². The summed E-state index contributed by atoms with van der Waals surface area (Å²) in [6.07, 6.45) is 4.18. The maximum atomic E-state index is 5.66. The van der Waals surface area contributed by atoms with Gasteiger partial charge in [-0.15, -0.1) is 0 Å². The lowest BCUT2D eigenvalue weighted by atomic mass is 10.2. The first-order chi connectivity index (χ1) is 5.79. The number of nitrogens with zero attached hydrogens (tertiary/aromatic N) is 2. The molecule has 0 aromatic carbocycles. The van der Waals surface area contributed by atoms with E-state index < -0.39 is 0 Å². The standard InChI is InChI=1S/C9H13N3/c1-3-8-6-5-7-12(10)9(8)11-4-2/h4-7H,2-3,10H2,1H3/b11-9-. The topological polar surface area (TPSA) is 43.3 Å². The predicted octanol–water partition coefficient (Wildman–Crippen LogP) is 0.808. The van der Waals surface area contributed by atoms with E-state index >= 15 is 0 Å². The van der Waals surface area contributed by atoms with Crippen molar-refractivity contribution in [3.8, 4) is 0 Å². The van der Waals surface area contributed by atoms with Crippen LogP contribution in [0, 0.1) is 0 Å². The van der Waals surface area contributed by atoms with Crippen molar-refractivity contribution in [3.63, 3.8) is 0 Å². The van der Waals surface area contributed by atoms with Crippen molar-refractivity contribution in [1.29, 1.82) is 0 Å². The smallest absolute Gasteiger partial charge is 0.153 e. The molecule has 0 fully saturated rings. The summed E-state index contributed by atoms with van der Waals surface area (Å²) in [6.45, 7) is 5.60. The number of hydrogen-bond acceptors (Lipinski definition) is 2. The summed E-state index contributed by atoms with van der Waals surface area (Å²) in [7, 11) is 0. The van der Waals surface area contributed by atoms with Gasteiger partial charge in [0.05, 0.1) is 0 Å². The van der Waals surface area contributed by atoms with E-state index in [0.717, 1.165) is 17.5 Å². The van der Waals surface area contributed by atoms with Crippen molar-refractivity contribution >= 4 is 0 Å². The summed E-state index contributed by atoms with van der Waals surface area (Å²) in [4.78, 5) is 4.08. The molecule has 1 rings (SSSR count). The zero-order valence-electron chi connectivity index (χ0n) is 7.20. The summed E-state index contributed by atoms with van der Waals surface area (Å²) in [6, 6.07) is 3.91. The van der Waals surface area contributed by atoms with Crippen LogP contribution in [0.4, 0.5) is 0 Å². The van der Waals surface area contributed by atoms with Crippen molar-refractivity contribution in [2.24, 2.45) is 4.99 Å². The zero-order chi connectivity index (χ0) is 8.97. The molecule has 0 aliphatic carbocycles. The van der Waals surface area contributed by atoms with Crippen molar-refractivity contribution in [3.05, 3.63) is 42.2 Å². The van der Waals surface area contributed by atoms with Gasteiger partial charge in [-0.3, -0.25) is 4.68 Å². The first-order valence-corrected chi connectivity index (χ1v) is 3.90. The summed E-state index contributed by atoms with van der Waals surface area (Å²) in [5.74, 6) is 5.66. The predicted molar refractivity (Wildman–Crippen MR) is 49.7 cm³/mol. The van der Waals surface area contributed by atoms with Crippen LogP contribution in [0.5, 0.6) is 0 Å². The van der Waals surface area contributed by atoms with Gasteiger partial charge < -0.3 is 5.84 Å². The van der Waals surface area contributed by atoms with Gasteiger partial charge in [0, 0.05) is 12.4 Å². The number of rotatable bonds is 2. The van der Waals surface area contributed by atoms with Crippen molar-refractivity contribution < 1.29 is 0 Å². The van der Waals surface area contributed by atoms with E-state index in [0.29, 0.717) is 0 Å². The Morgan fingerprint density at radius 2 is 2.50 bits per heavy atom. The van der Waals surface area contributed by atoms with Crippen LogP contribution in [0.25, 0.3) is 0 Å². The fraction of sp³-hybridized carbons (Fsp3) is 0.222. The third-order valence-electron chi connectivity index (χ3n) is 1.67. The molecule has 2 N–H and O–H groups in total. The highest BCUT2D eigenvalue weighted by molar-refractivity contribution is 5.09. The summed E-state index contributed by atoms with van der Waals surface area (Å²) in [5, 5.41) is 0. The third kappa shape index (κ3) is 1.56. The van der Waals surface area contributed by atoms with Gasteiger partial charge in [0.15, 0.2) is 5.49 Å². The Bertz CT molecular complexity index is 336. The minimum Gasteiger partial charge on any atom is -0.338 e. The maximum Gasteiger partial charge on any atom is 0.153 e. The molecule has 0 aliphatic rings. The number of nitrogen functional groups attached to an aromatic ring is 1. The van der Waals surface area contributed by atoms with Crippen LogP contribution in [0.2, 0.25) is 0 Å². The Hall–Kier alpha value is -1.51. The Morgan fingerprint density at radius 3 is 3.08 bits per heavy atom. The van der Waals surface area contributed by atoms with Crippen molar-refractivity contribution in [2.45, 2.75) is 13.3 Å². The number of aromatic nitrogens is 1. The molecule has 64 valence electrons. The number of pyridine rings is 1. The molecule has 0 unspecified atom stereocenters. The Kier molecular flexibility index (Phi) is 2.69. The van der Waals surface area contributed by atoms with E-state index in [1.165, 1.54) is 10.9 Å². The molecule has 3 heteroatoms. The molecular weight excluding hydrogens is 150 g/mol. The van der Waals surface area contributed by atoms with E-state index in [-0.39, 0.29) is 0 Å². The minimum atomic E-state index is 0.773. The average Bonchev–Trinajstić information content (AvgIpc) is 2.09. The number of hydrogen-bond donors (Lipinski definition) is 1. The van der Waals surface area contributed by atoms with Crippen molar-refractivity contribution in [2.75, 3.05) is 5.84 Å². The van der Waals surface area contributed by atoms with Gasteiger partial charge in [-0.2, -0.15) is 0 Å². The number of nitrogens with two attached hydrogens (primary N) is 1. The van der Waals surface area contributed by atoms with Gasteiger partial charge in [-0.1, -0.05) is 19.6 Å². The quantitative estimate of drug-likeness (QED) is 0.644. The summed E-state index contributed by atoms with van der Waals surface area (Å²) < 4.78 is 1.50. The van der Waals surface area contributed by atoms with Crippen LogP contribution in [0.1, 0.15) is 12.5 Å². The van der Waals surface area contributed by atoms with Crippen LogP contribution < -0.4 is 11.3 Å². The molecule has 0 bridgehead atoms. The third-order valence-corrected chi connectivity index (χ3v) is 1.67. The molecule has 3 nitrogen and oxygen atoms in total. The van der Waals surface area contributed by atoms with Crippen LogP contribution in [-0.2, 0) is 6.42 Å². The molecule has 0 amide bonds. The first kappa shape index (κ1) is 8.59. The average molecular weight is 163 g/mol. The highest BCUT2D eigenvalue weighted by Crippen LogP contribution is 1.90. The largest absolute Gasteiger partial charge is 0.338 e. The van der Waals surface area contributed by atoms with Crippen LogP contribution in [-0.4, -0.2) is 4.68 Å². The van der Waals surface area contributed by atoms with Crippen LogP contribution in [0.3, 0.4) is 0 Å². The van der Waals surface area contributed by atoms with Gasteiger partial charge in [-0.05, 0) is 18.1 Å².